The summed E-state index contributed by atoms with van der Waals surface area (Å²) in [6.45, 7) is 0. The highest BCUT2D eigenvalue weighted by Crippen LogP contribution is 2.30. The smallest absolute Gasteiger partial charge is 0.184 e. The van der Waals surface area contributed by atoms with E-state index in [0.29, 0.717) is 17.1 Å². The Morgan fingerprint density at radius 2 is 1.82 bits per heavy atom. The molecule has 3 nitrogen and oxygen atoms in total. The predicted octanol–water partition coefficient (Wildman–Crippen LogP) is 3.44. The number of halogens is 2. The first-order chi connectivity index (χ1) is 8.08. The van der Waals surface area contributed by atoms with E-state index in [0.717, 1.165) is 0 Å². The van der Waals surface area contributed by atoms with Gasteiger partial charge in [-0.2, -0.15) is 0 Å². The first kappa shape index (κ1) is 11.5. The molecule has 0 atom stereocenters. The molecule has 0 radical (unpaired) electrons. The molecule has 0 saturated carbocycles. The molecule has 2 aromatic rings. The summed E-state index contributed by atoms with van der Waals surface area (Å²) >= 11 is 5.64. The Morgan fingerprint density at radius 1 is 1.06 bits per heavy atom. The second-order valence-electron chi connectivity index (χ2n) is 3.44. The van der Waals surface area contributed by atoms with E-state index in [4.69, 9.17) is 27.8 Å². The zero-order chi connectivity index (χ0) is 12.4. The number of benzene rings is 2. The van der Waals surface area contributed by atoms with Gasteiger partial charge in [0.05, 0.1) is 16.4 Å². The molecule has 0 heterocycles. The molecular formula is C12H10ClFN2O. The Labute approximate surface area is 103 Å². The molecule has 0 bridgehead atoms. The van der Waals surface area contributed by atoms with Gasteiger partial charge in [-0.05, 0) is 24.3 Å². The Morgan fingerprint density at radius 3 is 2.53 bits per heavy atom. The summed E-state index contributed by atoms with van der Waals surface area (Å²) in [6.07, 6.45) is 0. The monoisotopic (exact) mass is 252 g/mol. The number of anilines is 2. The Bertz CT molecular complexity index is 560. The third-order valence-corrected chi connectivity index (χ3v) is 2.49. The highest BCUT2D eigenvalue weighted by atomic mass is 35.5. The molecule has 0 aliphatic carbocycles. The molecule has 4 N–H and O–H groups in total. The molecule has 0 fully saturated rings. The van der Waals surface area contributed by atoms with Crippen molar-refractivity contribution in [2.75, 3.05) is 11.5 Å². The topological polar surface area (TPSA) is 61.3 Å². The number of nitrogen functional groups attached to an aromatic ring is 2. The van der Waals surface area contributed by atoms with Crippen molar-refractivity contribution in [3.05, 3.63) is 47.2 Å². The number of nitrogens with two attached hydrogens (primary N) is 2. The van der Waals surface area contributed by atoms with Crippen LogP contribution in [0.4, 0.5) is 15.8 Å². The Kier molecular flexibility index (Phi) is 3.06. The fraction of sp³-hybridized carbons (Fsp3) is 0. The third-order valence-electron chi connectivity index (χ3n) is 2.20. The second kappa shape index (κ2) is 4.51. The first-order valence-corrected chi connectivity index (χ1v) is 5.22. The van der Waals surface area contributed by atoms with Crippen molar-refractivity contribution in [2.24, 2.45) is 0 Å². The molecule has 2 aromatic carbocycles. The molecule has 5 heteroatoms. The summed E-state index contributed by atoms with van der Waals surface area (Å²) in [5.41, 5.74) is 12.0. The summed E-state index contributed by atoms with van der Waals surface area (Å²) in [7, 11) is 0. The fourth-order valence-electron chi connectivity index (χ4n) is 1.31. The molecule has 0 aromatic heterocycles. The fourth-order valence-corrected chi connectivity index (χ4v) is 1.47. The summed E-state index contributed by atoms with van der Waals surface area (Å²) in [5.74, 6) is -0.163. The number of ether oxygens (including phenoxy) is 1. The molecule has 0 saturated heterocycles. The standard InChI is InChI=1S/C12H10ClFN2O/c13-8-2-1-3-11(12(8)14)17-7-4-5-9(15)10(16)6-7/h1-6H,15-16H2. The van der Waals surface area contributed by atoms with Crippen LogP contribution in [0.5, 0.6) is 11.5 Å². The average Bonchev–Trinajstić information content (AvgIpc) is 2.30. The molecule has 0 unspecified atom stereocenters. The van der Waals surface area contributed by atoms with Crippen molar-refractivity contribution >= 4 is 23.0 Å². The molecule has 0 amide bonds. The predicted molar refractivity (Wildman–Crippen MR) is 66.8 cm³/mol. The number of hydrogen-bond donors (Lipinski definition) is 2. The van der Waals surface area contributed by atoms with Gasteiger partial charge in [-0.25, -0.2) is 4.39 Å². The van der Waals surface area contributed by atoms with Crippen LogP contribution < -0.4 is 16.2 Å². The van der Waals surface area contributed by atoms with Crippen LogP contribution in [0.1, 0.15) is 0 Å². The highest BCUT2D eigenvalue weighted by molar-refractivity contribution is 6.30. The van der Waals surface area contributed by atoms with E-state index in [1.165, 1.54) is 18.2 Å². The van der Waals surface area contributed by atoms with Crippen LogP contribution in [0, 0.1) is 5.82 Å². The van der Waals surface area contributed by atoms with Gasteiger partial charge in [-0.1, -0.05) is 17.7 Å². The molecule has 17 heavy (non-hydrogen) atoms. The summed E-state index contributed by atoms with van der Waals surface area (Å²) in [5, 5.41) is 0.00548. The highest BCUT2D eigenvalue weighted by Gasteiger charge is 2.08. The summed E-state index contributed by atoms with van der Waals surface area (Å²) < 4.78 is 18.9. The van der Waals surface area contributed by atoms with E-state index in [9.17, 15) is 4.39 Å². The van der Waals surface area contributed by atoms with Gasteiger partial charge in [0.25, 0.3) is 0 Å². The minimum atomic E-state index is -0.607. The van der Waals surface area contributed by atoms with E-state index in [1.54, 1.807) is 18.2 Å². The van der Waals surface area contributed by atoms with Crippen LogP contribution in [0.2, 0.25) is 5.02 Å². The van der Waals surface area contributed by atoms with Crippen molar-refractivity contribution in [3.63, 3.8) is 0 Å². The van der Waals surface area contributed by atoms with Crippen LogP contribution in [0.15, 0.2) is 36.4 Å². The van der Waals surface area contributed by atoms with Crippen LogP contribution in [-0.4, -0.2) is 0 Å². The normalized spacial score (nSPS) is 10.2. The van der Waals surface area contributed by atoms with Crippen molar-refractivity contribution in [1.82, 2.24) is 0 Å². The van der Waals surface area contributed by atoms with Crippen molar-refractivity contribution in [3.8, 4) is 11.5 Å². The summed E-state index contributed by atoms with van der Waals surface area (Å²) in [4.78, 5) is 0. The van der Waals surface area contributed by atoms with Gasteiger partial charge < -0.3 is 16.2 Å². The molecule has 0 spiro atoms. The van der Waals surface area contributed by atoms with Crippen LogP contribution in [-0.2, 0) is 0 Å². The van der Waals surface area contributed by atoms with Crippen LogP contribution >= 0.6 is 11.6 Å². The van der Waals surface area contributed by atoms with Gasteiger partial charge in [0, 0.05) is 6.07 Å². The Hall–Kier alpha value is -1.94. The maximum atomic E-state index is 13.6. The van der Waals surface area contributed by atoms with Crippen LogP contribution in [0.25, 0.3) is 0 Å². The minimum absolute atomic E-state index is 0.00548. The lowest BCUT2D eigenvalue weighted by Crippen LogP contribution is -1.95. The lowest BCUT2D eigenvalue weighted by atomic mass is 10.2. The maximum Gasteiger partial charge on any atom is 0.184 e. The van der Waals surface area contributed by atoms with Gasteiger partial charge >= 0.3 is 0 Å². The van der Waals surface area contributed by atoms with Gasteiger partial charge in [0.15, 0.2) is 11.6 Å². The Balaban J connectivity index is 2.31. The quantitative estimate of drug-likeness (QED) is 0.805. The van der Waals surface area contributed by atoms with Gasteiger partial charge in [-0.3, -0.25) is 0 Å². The van der Waals surface area contributed by atoms with E-state index in [1.807, 2.05) is 0 Å². The zero-order valence-corrected chi connectivity index (χ0v) is 9.54. The molecule has 2 rings (SSSR count). The average molecular weight is 253 g/mol. The first-order valence-electron chi connectivity index (χ1n) is 4.85. The molecule has 0 aliphatic rings. The SMILES string of the molecule is Nc1ccc(Oc2cccc(Cl)c2F)cc1N. The second-order valence-corrected chi connectivity index (χ2v) is 3.85. The summed E-state index contributed by atoms with van der Waals surface area (Å²) in [6, 6.07) is 9.24. The van der Waals surface area contributed by atoms with E-state index in [-0.39, 0.29) is 10.8 Å². The van der Waals surface area contributed by atoms with Crippen molar-refractivity contribution in [2.45, 2.75) is 0 Å². The minimum Gasteiger partial charge on any atom is -0.454 e. The largest absolute Gasteiger partial charge is 0.454 e. The molecule has 88 valence electrons. The van der Waals surface area contributed by atoms with Crippen LogP contribution in [0.3, 0.4) is 0 Å². The van der Waals surface area contributed by atoms with Crippen molar-refractivity contribution < 1.29 is 9.13 Å². The third kappa shape index (κ3) is 2.42. The number of rotatable bonds is 2. The van der Waals surface area contributed by atoms with Gasteiger partial charge in [0.2, 0.25) is 0 Å². The van der Waals surface area contributed by atoms with E-state index >= 15 is 0 Å². The lowest BCUT2D eigenvalue weighted by Gasteiger charge is -2.08. The maximum absolute atomic E-state index is 13.6. The molecule has 0 aliphatic heterocycles. The van der Waals surface area contributed by atoms with Gasteiger partial charge in [0.1, 0.15) is 5.75 Å². The van der Waals surface area contributed by atoms with Crippen molar-refractivity contribution in [1.29, 1.82) is 0 Å². The number of hydrogen-bond acceptors (Lipinski definition) is 3. The van der Waals surface area contributed by atoms with E-state index < -0.39 is 5.82 Å². The van der Waals surface area contributed by atoms with Gasteiger partial charge in [-0.15, -0.1) is 0 Å². The van der Waals surface area contributed by atoms with E-state index in [2.05, 4.69) is 0 Å². The lowest BCUT2D eigenvalue weighted by molar-refractivity contribution is 0.443. The zero-order valence-electron chi connectivity index (χ0n) is 8.78. The molecular weight excluding hydrogens is 243 g/mol.